The summed E-state index contributed by atoms with van der Waals surface area (Å²) in [5, 5.41) is 13.3. The third-order valence-electron chi connectivity index (χ3n) is 3.35. The quantitative estimate of drug-likeness (QED) is 0.730. The van der Waals surface area contributed by atoms with Crippen LogP contribution in [0, 0.1) is 0 Å². The van der Waals surface area contributed by atoms with Gasteiger partial charge in [-0.15, -0.1) is 0 Å². The van der Waals surface area contributed by atoms with Crippen molar-refractivity contribution in [3.8, 4) is 0 Å². The molecule has 3 heteroatoms. The molecule has 2 aromatic carbocycles. The van der Waals surface area contributed by atoms with Crippen LogP contribution >= 0.6 is 0 Å². The van der Waals surface area contributed by atoms with E-state index in [1.807, 2.05) is 60.8 Å². The van der Waals surface area contributed by atoms with Gasteiger partial charge in [0, 0.05) is 23.1 Å². The summed E-state index contributed by atoms with van der Waals surface area (Å²) in [4.78, 5) is 0. The summed E-state index contributed by atoms with van der Waals surface area (Å²) in [5.74, 6) is 0. The van der Waals surface area contributed by atoms with Gasteiger partial charge in [-0.1, -0.05) is 36.4 Å². The van der Waals surface area contributed by atoms with Gasteiger partial charge in [-0.3, -0.25) is 0 Å². The summed E-state index contributed by atoms with van der Waals surface area (Å²) < 4.78 is 0. The lowest BCUT2D eigenvalue weighted by Crippen LogP contribution is -2.12. The molecule has 3 nitrogen and oxygen atoms in total. The Morgan fingerprint density at radius 1 is 1.05 bits per heavy atom. The van der Waals surface area contributed by atoms with E-state index in [0.717, 1.165) is 28.1 Å². The molecule has 4 N–H and O–H groups in total. The summed E-state index contributed by atoms with van der Waals surface area (Å²) in [5.41, 5.74) is 10.3. The first-order valence-electron chi connectivity index (χ1n) is 6.52. The lowest BCUT2D eigenvalue weighted by Gasteiger charge is -2.19. The van der Waals surface area contributed by atoms with Gasteiger partial charge in [-0.05, 0) is 35.4 Å². The molecule has 0 spiro atoms. The van der Waals surface area contributed by atoms with Crippen LogP contribution in [0.25, 0.3) is 11.6 Å². The molecular weight excluding hydrogens is 248 g/mol. The summed E-state index contributed by atoms with van der Waals surface area (Å²) in [6, 6.07) is 15.5. The molecule has 3 rings (SSSR count). The minimum atomic E-state index is -0.591. The van der Waals surface area contributed by atoms with Crippen LogP contribution < -0.4 is 11.1 Å². The van der Waals surface area contributed by atoms with Crippen molar-refractivity contribution < 1.29 is 5.11 Å². The number of nitrogen functional groups attached to an aromatic ring is 1. The Morgan fingerprint density at radius 2 is 1.80 bits per heavy atom. The van der Waals surface area contributed by atoms with E-state index >= 15 is 0 Å². The number of rotatable bonds is 2. The zero-order valence-electron chi connectivity index (χ0n) is 11.0. The first kappa shape index (κ1) is 12.5. The minimum absolute atomic E-state index is 0.591. The summed E-state index contributed by atoms with van der Waals surface area (Å²) >= 11 is 0. The number of aliphatic hydroxyl groups is 1. The summed E-state index contributed by atoms with van der Waals surface area (Å²) in [6.07, 6.45) is 4.99. The molecule has 0 aromatic heterocycles. The Labute approximate surface area is 118 Å². The molecule has 0 saturated heterocycles. The van der Waals surface area contributed by atoms with Crippen LogP contribution in [0.1, 0.15) is 11.1 Å². The first-order chi connectivity index (χ1) is 9.74. The normalized spacial score (nSPS) is 18.9. The number of nitrogens with one attached hydrogen (secondary N) is 1. The molecule has 0 amide bonds. The van der Waals surface area contributed by atoms with E-state index in [2.05, 4.69) is 5.32 Å². The molecule has 100 valence electrons. The van der Waals surface area contributed by atoms with Gasteiger partial charge in [0.15, 0.2) is 0 Å². The maximum absolute atomic E-state index is 10.1. The number of aliphatic hydroxyl groups excluding tert-OH is 1. The molecule has 0 radical (unpaired) electrons. The Morgan fingerprint density at radius 3 is 2.60 bits per heavy atom. The van der Waals surface area contributed by atoms with Crippen LogP contribution in [-0.4, -0.2) is 11.2 Å². The number of anilines is 2. The van der Waals surface area contributed by atoms with Gasteiger partial charge in [0.1, 0.15) is 0 Å². The zero-order valence-corrected chi connectivity index (χ0v) is 11.0. The predicted octanol–water partition coefficient (Wildman–Crippen LogP) is 3.11. The van der Waals surface area contributed by atoms with Crippen LogP contribution in [0.3, 0.4) is 0 Å². The number of hydrogen-bond acceptors (Lipinski definition) is 3. The predicted molar refractivity (Wildman–Crippen MR) is 83.9 cm³/mol. The van der Waals surface area contributed by atoms with E-state index in [1.165, 1.54) is 0 Å². The third-order valence-corrected chi connectivity index (χ3v) is 3.35. The Balaban J connectivity index is 1.90. The fraction of sp³-hybridized carbons (Fsp3) is 0.0588. The smallest absolute Gasteiger partial charge is 0.0995 e. The standard InChI is InChI=1S/C17H16N2O/c18-13-6-8-14(9-7-13)19-11-16-15-4-2-1-3-12(15)5-10-17(16)20/h1-11,17,19-20H,18H2. The molecule has 1 aliphatic rings. The van der Waals surface area contributed by atoms with Crippen LogP contribution in [0.4, 0.5) is 11.4 Å². The van der Waals surface area contributed by atoms with Crippen molar-refractivity contribution in [3.05, 3.63) is 71.9 Å². The maximum atomic E-state index is 10.1. The van der Waals surface area contributed by atoms with E-state index in [1.54, 1.807) is 6.08 Å². The Bertz CT molecular complexity index is 672. The van der Waals surface area contributed by atoms with Gasteiger partial charge >= 0.3 is 0 Å². The second kappa shape index (κ2) is 5.23. The average Bonchev–Trinajstić information content (AvgIpc) is 2.48. The van der Waals surface area contributed by atoms with E-state index < -0.39 is 6.10 Å². The molecule has 0 saturated carbocycles. The molecule has 2 aromatic rings. The fourth-order valence-corrected chi connectivity index (χ4v) is 2.27. The highest BCUT2D eigenvalue weighted by atomic mass is 16.3. The van der Waals surface area contributed by atoms with Gasteiger partial charge in [0.05, 0.1) is 6.10 Å². The van der Waals surface area contributed by atoms with Crippen LogP contribution in [0.2, 0.25) is 0 Å². The third kappa shape index (κ3) is 2.44. The number of fused-ring (bicyclic) bond motifs is 1. The molecule has 0 aliphatic heterocycles. The van der Waals surface area contributed by atoms with Gasteiger partial charge in [0.25, 0.3) is 0 Å². The Kier molecular flexibility index (Phi) is 3.27. The van der Waals surface area contributed by atoms with Crippen LogP contribution in [0.15, 0.2) is 60.8 Å². The van der Waals surface area contributed by atoms with E-state index in [0.29, 0.717) is 0 Å². The largest absolute Gasteiger partial charge is 0.399 e. The number of nitrogens with two attached hydrogens (primary N) is 1. The van der Waals surface area contributed by atoms with Gasteiger partial charge in [-0.2, -0.15) is 0 Å². The number of hydrogen-bond donors (Lipinski definition) is 3. The maximum Gasteiger partial charge on any atom is 0.0995 e. The highest BCUT2D eigenvalue weighted by Gasteiger charge is 2.16. The van der Waals surface area contributed by atoms with Crippen molar-refractivity contribution in [2.75, 3.05) is 11.1 Å². The molecule has 0 heterocycles. The van der Waals surface area contributed by atoms with Crippen molar-refractivity contribution >= 4 is 23.0 Å². The average molecular weight is 264 g/mol. The fourth-order valence-electron chi connectivity index (χ4n) is 2.27. The SMILES string of the molecule is Nc1ccc(NC=C2c3ccccc3C=CC2O)cc1. The minimum Gasteiger partial charge on any atom is -0.399 e. The second-order valence-electron chi connectivity index (χ2n) is 4.76. The molecule has 1 unspecified atom stereocenters. The van der Waals surface area contributed by atoms with Crippen molar-refractivity contribution in [2.24, 2.45) is 0 Å². The van der Waals surface area contributed by atoms with Crippen LogP contribution in [-0.2, 0) is 0 Å². The summed E-state index contributed by atoms with van der Waals surface area (Å²) in [7, 11) is 0. The molecule has 20 heavy (non-hydrogen) atoms. The van der Waals surface area contributed by atoms with Gasteiger partial charge in [-0.25, -0.2) is 0 Å². The molecule has 0 bridgehead atoms. The second-order valence-corrected chi connectivity index (χ2v) is 4.76. The van der Waals surface area contributed by atoms with E-state index in [-0.39, 0.29) is 0 Å². The van der Waals surface area contributed by atoms with E-state index in [4.69, 9.17) is 5.73 Å². The van der Waals surface area contributed by atoms with Crippen molar-refractivity contribution in [2.45, 2.75) is 6.10 Å². The van der Waals surface area contributed by atoms with Crippen LogP contribution in [0.5, 0.6) is 0 Å². The van der Waals surface area contributed by atoms with Crippen molar-refractivity contribution in [3.63, 3.8) is 0 Å². The zero-order chi connectivity index (χ0) is 13.9. The van der Waals surface area contributed by atoms with Crippen molar-refractivity contribution in [1.82, 2.24) is 0 Å². The number of benzene rings is 2. The molecular formula is C17H16N2O. The summed E-state index contributed by atoms with van der Waals surface area (Å²) in [6.45, 7) is 0. The molecule has 1 aliphatic carbocycles. The molecule has 0 fully saturated rings. The lowest BCUT2D eigenvalue weighted by atomic mass is 9.91. The first-order valence-corrected chi connectivity index (χ1v) is 6.52. The highest BCUT2D eigenvalue weighted by molar-refractivity contribution is 5.82. The molecule has 1 atom stereocenters. The highest BCUT2D eigenvalue weighted by Crippen LogP contribution is 2.29. The van der Waals surface area contributed by atoms with Gasteiger partial charge in [0.2, 0.25) is 0 Å². The van der Waals surface area contributed by atoms with Crippen molar-refractivity contribution in [1.29, 1.82) is 0 Å². The topological polar surface area (TPSA) is 58.3 Å². The Hall–Kier alpha value is -2.52. The van der Waals surface area contributed by atoms with Gasteiger partial charge < -0.3 is 16.2 Å². The van der Waals surface area contributed by atoms with E-state index in [9.17, 15) is 5.11 Å². The lowest BCUT2D eigenvalue weighted by molar-refractivity contribution is 0.280. The monoisotopic (exact) mass is 264 g/mol.